The van der Waals surface area contributed by atoms with Crippen LogP contribution in [0.5, 0.6) is 0 Å². The number of rotatable bonds is 3. The number of halogens is 1. The van der Waals surface area contributed by atoms with E-state index < -0.39 is 0 Å². The van der Waals surface area contributed by atoms with Crippen molar-refractivity contribution in [3.8, 4) is 0 Å². The van der Waals surface area contributed by atoms with Gasteiger partial charge in [0.05, 0.1) is 0 Å². The minimum Gasteiger partial charge on any atom is -0.303 e. The number of benzene rings is 1. The summed E-state index contributed by atoms with van der Waals surface area (Å²) >= 11 is 6.17. The molecule has 1 aromatic rings. The van der Waals surface area contributed by atoms with Crippen molar-refractivity contribution < 1.29 is 4.79 Å². The van der Waals surface area contributed by atoms with Gasteiger partial charge in [-0.05, 0) is 40.7 Å². The van der Waals surface area contributed by atoms with E-state index in [2.05, 4.69) is 41.4 Å². The number of nitrogens with zero attached hydrogens (tertiary/aromatic N) is 1. The zero-order valence-corrected chi connectivity index (χ0v) is 11.9. The van der Waals surface area contributed by atoms with Crippen molar-refractivity contribution in [3.05, 3.63) is 45.4 Å². The fraction of sp³-hybridized carbons (Fsp3) is 0.294. The van der Waals surface area contributed by atoms with Crippen molar-refractivity contribution in [2.24, 2.45) is 16.8 Å². The summed E-state index contributed by atoms with van der Waals surface area (Å²) in [5, 5.41) is 3.06. The molecule has 0 saturated carbocycles. The largest absolute Gasteiger partial charge is 0.303 e. The van der Waals surface area contributed by atoms with E-state index >= 15 is 0 Å². The molecule has 0 fully saturated rings. The van der Waals surface area contributed by atoms with Gasteiger partial charge in [-0.15, -0.1) is 0 Å². The molecular formula is C17H16ClNO. The van der Waals surface area contributed by atoms with Gasteiger partial charge < -0.3 is 4.79 Å². The Labute approximate surface area is 123 Å². The molecule has 20 heavy (non-hydrogen) atoms. The van der Waals surface area contributed by atoms with Crippen molar-refractivity contribution in [2.45, 2.75) is 19.3 Å². The van der Waals surface area contributed by atoms with Crippen LogP contribution in [0, 0.1) is 11.8 Å². The van der Waals surface area contributed by atoms with Gasteiger partial charge >= 0.3 is 0 Å². The summed E-state index contributed by atoms with van der Waals surface area (Å²) in [5.41, 5.74) is 0.984. The lowest BCUT2D eigenvalue weighted by atomic mass is 9.78. The molecule has 0 radical (unpaired) electrons. The lowest BCUT2D eigenvalue weighted by Crippen LogP contribution is -2.31. The van der Waals surface area contributed by atoms with Crippen molar-refractivity contribution in [3.63, 3.8) is 0 Å². The Bertz CT molecular complexity index is 702. The second-order valence-electron chi connectivity index (χ2n) is 5.24. The molecule has 0 bridgehead atoms. The molecule has 1 heterocycles. The van der Waals surface area contributed by atoms with Crippen molar-refractivity contribution >= 4 is 36.3 Å². The van der Waals surface area contributed by atoms with Gasteiger partial charge in [-0.25, -0.2) is 4.99 Å². The van der Waals surface area contributed by atoms with Crippen LogP contribution in [-0.2, 0) is 4.79 Å². The van der Waals surface area contributed by atoms with E-state index in [1.54, 1.807) is 0 Å². The van der Waals surface area contributed by atoms with Gasteiger partial charge in [0.2, 0.25) is 0 Å². The highest BCUT2D eigenvalue weighted by molar-refractivity contribution is 6.30. The molecule has 3 rings (SSSR count). The molecule has 1 aliphatic heterocycles. The lowest BCUT2D eigenvalue weighted by Gasteiger charge is -2.28. The summed E-state index contributed by atoms with van der Waals surface area (Å²) in [6.07, 6.45) is 9.61. The molecule has 102 valence electrons. The fourth-order valence-corrected chi connectivity index (χ4v) is 3.36. The Hall–Kier alpha value is -1.67. The summed E-state index contributed by atoms with van der Waals surface area (Å²) in [5.74, 6) is 0.676. The van der Waals surface area contributed by atoms with Gasteiger partial charge in [0.25, 0.3) is 0 Å². The standard InChI is InChI=1S/C17H16ClNO/c18-17-16(8-10-20)15(7-9-19-17)14-6-5-12-3-1-2-4-13(12)11-14/h1-5,9-11,14-15H,6-8H2. The minimum atomic E-state index is 0.287. The highest BCUT2D eigenvalue weighted by atomic mass is 35.5. The number of hydrogen-bond acceptors (Lipinski definition) is 2. The van der Waals surface area contributed by atoms with E-state index in [0.29, 0.717) is 17.5 Å². The summed E-state index contributed by atoms with van der Waals surface area (Å²) in [6, 6.07) is 8.40. The van der Waals surface area contributed by atoms with Gasteiger partial charge in [0.15, 0.2) is 0 Å². The number of carbonyl (C=O) groups is 1. The predicted octanol–water partition coefficient (Wildman–Crippen LogP) is 2.40. The predicted molar refractivity (Wildman–Crippen MR) is 82.9 cm³/mol. The first-order valence-electron chi connectivity index (χ1n) is 6.91. The average molecular weight is 286 g/mol. The number of aldehydes is 1. The first-order chi connectivity index (χ1) is 9.79. The third-order valence-corrected chi connectivity index (χ3v) is 4.44. The second kappa shape index (κ2) is 5.76. The van der Waals surface area contributed by atoms with Gasteiger partial charge in [-0.1, -0.05) is 48.0 Å². The number of aliphatic imine (C=N–C) groups is 1. The average Bonchev–Trinajstić information content (AvgIpc) is 2.49. The number of allylic oxidation sites excluding steroid dienone is 1. The Morgan fingerprint density at radius 2 is 2.05 bits per heavy atom. The molecule has 1 aromatic carbocycles. The van der Waals surface area contributed by atoms with Crippen LogP contribution < -0.4 is 10.4 Å². The quantitative estimate of drug-likeness (QED) is 0.619. The Balaban J connectivity index is 1.96. The van der Waals surface area contributed by atoms with E-state index in [-0.39, 0.29) is 5.92 Å². The molecule has 2 atom stereocenters. The van der Waals surface area contributed by atoms with Crippen LogP contribution in [-0.4, -0.2) is 12.5 Å². The molecule has 0 aromatic heterocycles. The monoisotopic (exact) mass is 285 g/mol. The van der Waals surface area contributed by atoms with Crippen LogP contribution in [0.25, 0.3) is 12.2 Å². The molecular weight excluding hydrogens is 270 g/mol. The van der Waals surface area contributed by atoms with Crippen LogP contribution in [0.3, 0.4) is 0 Å². The maximum absolute atomic E-state index is 10.9. The fourth-order valence-electron chi connectivity index (χ4n) is 3.07. The van der Waals surface area contributed by atoms with E-state index in [9.17, 15) is 4.79 Å². The van der Waals surface area contributed by atoms with Crippen molar-refractivity contribution in [2.75, 3.05) is 0 Å². The van der Waals surface area contributed by atoms with E-state index in [4.69, 9.17) is 11.6 Å². The Morgan fingerprint density at radius 1 is 1.25 bits per heavy atom. The summed E-state index contributed by atoms with van der Waals surface area (Å²) < 4.78 is 0. The molecule has 1 aliphatic carbocycles. The van der Waals surface area contributed by atoms with Gasteiger partial charge in [0, 0.05) is 12.6 Å². The zero-order chi connectivity index (χ0) is 13.9. The van der Waals surface area contributed by atoms with Crippen LogP contribution in [0.1, 0.15) is 19.3 Å². The zero-order valence-electron chi connectivity index (χ0n) is 11.1. The van der Waals surface area contributed by atoms with Gasteiger partial charge in [-0.2, -0.15) is 0 Å². The summed E-state index contributed by atoms with van der Waals surface area (Å²) in [7, 11) is 0. The van der Waals surface area contributed by atoms with E-state index in [1.165, 1.54) is 10.4 Å². The third-order valence-electron chi connectivity index (χ3n) is 4.10. The van der Waals surface area contributed by atoms with Crippen LogP contribution in [0.2, 0.25) is 0 Å². The Kier molecular flexibility index (Phi) is 3.83. The lowest BCUT2D eigenvalue weighted by molar-refractivity contribution is -0.107. The van der Waals surface area contributed by atoms with Crippen molar-refractivity contribution in [1.82, 2.24) is 0 Å². The maximum Gasteiger partial charge on any atom is 0.128 e. The summed E-state index contributed by atoms with van der Waals surface area (Å²) in [4.78, 5) is 15.0. The maximum atomic E-state index is 10.9. The van der Waals surface area contributed by atoms with Crippen LogP contribution in [0.15, 0.2) is 40.0 Å². The Morgan fingerprint density at radius 3 is 2.85 bits per heavy atom. The summed E-state index contributed by atoms with van der Waals surface area (Å²) in [6.45, 7) is 0. The second-order valence-corrected chi connectivity index (χ2v) is 5.60. The number of carbonyl (C=O) groups excluding carboxylic acids is 1. The molecule has 2 nitrogen and oxygen atoms in total. The highest BCUT2D eigenvalue weighted by Crippen LogP contribution is 2.36. The molecule has 0 amide bonds. The smallest absolute Gasteiger partial charge is 0.128 e. The number of hydrogen-bond donors (Lipinski definition) is 0. The molecule has 2 unspecified atom stereocenters. The van der Waals surface area contributed by atoms with Gasteiger partial charge in [0.1, 0.15) is 11.4 Å². The van der Waals surface area contributed by atoms with E-state index in [1.807, 2.05) is 6.21 Å². The third kappa shape index (κ3) is 2.48. The van der Waals surface area contributed by atoms with Crippen molar-refractivity contribution in [1.29, 1.82) is 0 Å². The molecule has 0 spiro atoms. The first-order valence-corrected chi connectivity index (χ1v) is 7.29. The molecule has 0 saturated heterocycles. The minimum absolute atomic E-state index is 0.287. The first kappa shape index (κ1) is 13.3. The molecule has 2 aliphatic rings. The van der Waals surface area contributed by atoms with Crippen LogP contribution in [0.4, 0.5) is 0 Å². The molecule has 3 heteroatoms. The van der Waals surface area contributed by atoms with Crippen LogP contribution >= 0.6 is 11.6 Å². The number of fused-ring (bicyclic) bond motifs is 1. The molecule has 0 N–H and O–H groups in total. The topological polar surface area (TPSA) is 29.4 Å². The van der Waals surface area contributed by atoms with Gasteiger partial charge in [-0.3, -0.25) is 0 Å². The SMILES string of the molecule is O=CCC1=C(Cl)N=CCC1C1C=c2ccccc2=CC1. The van der Waals surface area contributed by atoms with E-state index in [0.717, 1.165) is 24.7 Å². The highest BCUT2D eigenvalue weighted by Gasteiger charge is 2.27. The normalized spacial score (nSPS) is 24.6.